The molecule has 1 saturated carbocycles. The Hall–Kier alpha value is -1.02. The summed E-state index contributed by atoms with van der Waals surface area (Å²) in [5.74, 6) is 0.991. The number of nitrogen functional groups attached to an aromatic ring is 1. The molecule has 1 atom stereocenters. The minimum atomic E-state index is 0.571. The Morgan fingerprint density at radius 1 is 1.17 bits per heavy atom. The molecule has 1 fully saturated rings. The fourth-order valence-corrected chi connectivity index (χ4v) is 3.61. The van der Waals surface area contributed by atoms with E-state index in [9.17, 15) is 0 Å². The normalized spacial score (nSPS) is 23.4. The number of nitrogens with one attached hydrogen (secondary N) is 1. The van der Waals surface area contributed by atoms with Crippen LogP contribution in [0.15, 0.2) is 18.2 Å². The van der Waals surface area contributed by atoms with Crippen LogP contribution in [0.5, 0.6) is 0 Å². The molecule has 2 aliphatic rings. The molecule has 0 aromatic heterocycles. The highest BCUT2D eigenvalue weighted by molar-refractivity contribution is 5.47. The molecule has 2 heteroatoms. The Morgan fingerprint density at radius 2 is 2.00 bits per heavy atom. The predicted octanol–water partition coefficient (Wildman–Crippen LogP) is 3.43. The van der Waals surface area contributed by atoms with Gasteiger partial charge < -0.3 is 11.1 Å². The molecule has 2 nitrogen and oxygen atoms in total. The first-order chi connectivity index (χ1) is 8.83. The van der Waals surface area contributed by atoms with Crippen LogP contribution in [0.25, 0.3) is 0 Å². The largest absolute Gasteiger partial charge is 0.399 e. The van der Waals surface area contributed by atoms with Crippen molar-refractivity contribution in [2.45, 2.75) is 51.0 Å². The minimum absolute atomic E-state index is 0.571. The number of rotatable bonds is 4. The van der Waals surface area contributed by atoms with Crippen LogP contribution in [-0.2, 0) is 6.42 Å². The number of aryl methyl sites for hydroxylation is 1. The molecule has 0 radical (unpaired) electrons. The summed E-state index contributed by atoms with van der Waals surface area (Å²) in [4.78, 5) is 0. The van der Waals surface area contributed by atoms with Crippen molar-refractivity contribution in [1.29, 1.82) is 0 Å². The van der Waals surface area contributed by atoms with Gasteiger partial charge in [0.15, 0.2) is 0 Å². The highest BCUT2D eigenvalue weighted by Crippen LogP contribution is 2.33. The van der Waals surface area contributed by atoms with Gasteiger partial charge in [0.1, 0.15) is 0 Å². The molecular formula is C16H24N2. The average molecular weight is 244 g/mol. The van der Waals surface area contributed by atoms with E-state index in [0.717, 1.165) is 11.6 Å². The van der Waals surface area contributed by atoms with Crippen molar-refractivity contribution in [2.75, 3.05) is 12.3 Å². The maximum atomic E-state index is 5.84. The van der Waals surface area contributed by atoms with Crippen molar-refractivity contribution < 1.29 is 0 Å². The Kier molecular flexibility index (Phi) is 3.55. The maximum Gasteiger partial charge on any atom is 0.0326 e. The topological polar surface area (TPSA) is 38.0 Å². The predicted molar refractivity (Wildman–Crippen MR) is 76.5 cm³/mol. The van der Waals surface area contributed by atoms with E-state index in [1.54, 1.807) is 0 Å². The Balaban J connectivity index is 1.53. The number of hydrogen-bond donors (Lipinski definition) is 2. The molecule has 1 unspecified atom stereocenters. The summed E-state index contributed by atoms with van der Waals surface area (Å²) < 4.78 is 0. The minimum Gasteiger partial charge on any atom is -0.399 e. The zero-order valence-electron chi connectivity index (χ0n) is 11.1. The van der Waals surface area contributed by atoms with E-state index in [2.05, 4.69) is 17.4 Å². The molecule has 1 aromatic rings. The van der Waals surface area contributed by atoms with Crippen LogP contribution in [0.4, 0.5) is 5.69 Å². The zero-order valence-corrected chi connectivity index (χ0v) is 11.1. The molecular weight excluding hydrogens is 220 g/mol. The summed E-state index contributed by atoms with van der Waals surface area (Å²) in [7, 11) is 0. The van der Waals surface area contributed by atoms with Crippen molar-refractivity contribution in [1.82, 2.24) is 5.32 Å². The van der Waals surface area contributed by atoms with Crippen LogP contribution in [0.2, 0.25) is 0 Å². The monoisotopic (exact) mass is 244 g/mol. The number of hydrogen-bond acceptors (Lipinski definition) is 2. The summed E-state index contributed by atoms with van der Waals surface area (Å²) in [6.07, 6.45) is 9.61. The molecule has 98 valence electrons. The molecule has 3 rings (SSSR count). The van der Waals surface area contributed by atoms with Gasteiger partial charge in [0.25, 0.3) is 0 Å². The lowest BCUT2D eigenvalue weighted by Gasteiger charge is -2.16. The van der Waals surface area contributed by atoms with Crippen LogP contribution < -0.4 is 11.1 Å². The summed E-state index contributed by atoms with van der Waals surface area (Å²) in [5, 5.41) is 3.74. The highest BCUT2D eigenvalue weighted by Gasteiger charge is 2.22. The highest BCUT2D eigenvalue weighted by atomic mass is 14.9. The van der Waals surface area contributed by atoms with E-state index in [1.165, 1.54) is 62.6 Å². The molecule has 18 heavy (non-hydrogen) atoms. The van der Waals surface area contributed by atoms with Crippen molar-refractivity contribution in [3.8, 4) is 0 Å². The van der Waals surface area contributed by atoms with Gasteiger partial charge in [-0.1, -0.05) is 31.7 Å². The number of anilines is 1. The maximum absolute atomic E-state index is 5.84. The number of nitrogens with two attached hydrogens (primary N) is 1. The van der Waals surface area contributed by atoms with E-state index in [0.29, 0.717) is 6.04 Å². The van der Waals surface area contributed by atoms with Crippen molar-refractivity contribution >= 4 is 5.69 Å². The molecule has 0 amide bonds. The zero-order chi connectivity index (χ0) is 12.4. The SMILES string of the molecule is Nc1ccc2c(c1)CCC2NCCC1CCCC1. The summed E-state index contributed by atoms with van der Waals surface area (Å²) >= 11 is 0. The number of benzene rings is 1. The second kappa shape index (κ2) is 5.31. The van der Waals surface area contributed by atoms with Gasteiger partial charge in [0.05, 0.1) is 0 Å². The van der Waals surface area contributed by atoms with Crippen LogP contribution >= 0.6 is 0 Å². The molecule has 0 heterocycles. The molecule has 3 N–H and O–H groups in total. The van der Waals surface area contributed by atoms with Crippen LogP contribution in [-0.4, -0.2) is 6.54 Å². The first kappa shape index (κ1) is 12.0. The molecule has 0 spiro atoms. The van der Waals surface area contributed by atoms with Crippen LogP contribution in [0, 0.1) is 5.92 Å². The fourth-order valence-electron chi connectivity index (χ4n) is 3.61. The molecule has 1 aromatic carbocycles. The van der Waals surface area contributed by atoms with E-state index in [-0.39, 0.29) is 0 Å². The molecule has 2 aliphatic carbocycles. The molecule has 0 bridgehead atoms. The summed E-state index contributed by atoms with van der Waals surface area (Å²) in [6.45, 7) is 1.18. The van der Waals surface area contributed by atoms with E-state index < -0.39 is 0 Å². The van der Waals surface area contributed by atoms with Gasteiger partial charge in [-0.05, 0) is 55.0 Å². The molecule has 0 aliphatic heterocycles. The van der Waals surface area contributed by atoms with Gasteiger partial charge in [0, 0.05) is 11.7 Å². The second-order valence-electron chi connectivity index (χ2n) is 5.94. The lowest BCUT2D eigenvalue weighted by atomic mass is 10.0. The van der Waals surface area contributed by atoms with Gasteiger partial charge >= 0.3 is 0 Å². The second-order valence-corrected chi connectivity index (χ2v) is 5.94. The lowest BCUT2D eigenvalue weighted by molar-refractivity contribution is 0.443. The quantitative estimate of drug-likeness (QED) is 0.796. The standard InChI is InChI=1S/C16H24N2/c17-14-6-7-15-13(11-14)5-8-16(15)18-10-9-12-3-1-2-4-12/h6-7,11-12,16,18H,1-5,8-10,17H2. The van der Waals surface area contributed by atoms with Gasteiger partial charge in [0.2, 0.25) is 0 Å². The third-order valence-electron chi connectivity index (χ3n) is 4.66. The van der Waals surface area contributed by atoms with E-state index >= 15 is 0 Å². The Bertz CT molecular complexity index is 408. The van der Waals surface area contributed by atoms with Crippen LogP contribution in [0.1, 0.15) is 55.7 Å². The van der Waals surface area contributed by atoms with E-state index in [1.807, 2.05) is 6.07 Å². The third kappa shape index (κ3) is 2.54. The fraction of sp³-hybridized carbons (Fsp3) is 0.625. The summed E-state index contributed by atoms with van der Waals surface area (Å²) in [6, 6.07) is 6.97. The first-order valence-corrected chi connectivity index (χ1v) is 7.44. The first-order valence-electron chi connectivity index (χ1n) is 7.44. The smallest absolute Gasteiger partial charge is 0.0326 e. The van der Waals surface area contributed by atoms with Crippen molar-refractivity contribution in [3.63, 3.8) is 0 Å². The van der Waals surface area contributed by atoms with Gasteiger partial charge in [-0.25, -0.2) is 0 Å². The van der Waals surface area contributed by atoms with Crippen molar-refractivity contribution in [3.05, 3.63) is 29.3 Å². The van der Waals surface area contributed by atoms with E-state index in [4.69, 9.17) is 5.73 Å². The van der Waals surface area contributed by atoms with Gasteiger partial charge in [-0.2, -0.15) is 0 Å². The summed E-state index contributed by atoms with van der Waals surface area (Å²) in [5.41, 5.74) is 9.68. The lowest BCUT2D eigenvalue weighted by Crippen LogP contribution is -2.22. The number of fused-ring (bicyclic) bond motifs is 1. The molecule has 0 saturated heterocycles. The average Bonchev–Trinajstić information content (AvgIpc) is 2.99. The Labute approximate surface area is 110 Å². The van der Waals surface area contributed by atoms with Gasteiger partial charge in [-0.15, -0.1) is 0 Å². The third-order valence-corrected chi connectivity index (χ3v) is 4.66. The van der Waals surface area contributed by atoms with Crippen molar-refractivity contribution in [2.24, 2.45) is 5.92 Å². The van der Waals surface area contributed by atoms with Gasteiger partial charge in [-0.3, -0.25) is 0 Å². The Morgan fingerprint density at radius 3 is 2.83 bits per heavy atom. The van der Waals surface area contributed by atoms with Crippen LogP contribution in [0.3, 0.4) is 0 Å².